The molecule has 146 valence electrons. The summed E-state index contributed by atoms with van der Waals surface area (Å²) in [6.45, 7) is 0. The van der Waals surface area contributed by atoms with Crippen LogP contribution in [0.3, 0.4) is 0 Å². The fraction of sp³-hybridized carbons (Fsp3) is 0.0345. The number of halogens is 1. The van der Waals surface area contributed by atoms with Gasteiger partial charge in [-0.3, -0.25) is 0 Å². The molecule has 1 heterocycles. The van der Waals surface area contributed by atoms with Crippen molar-refractivity contribution in [1.29, 1.82) is 0 Å². The predicted molar refractivity (Wildman–Crippen MR) is 129 cm³/mol. The summed E-state index contributed by atoms with van der Waals surface area (Å²) in [6.07, 6.45) is 0. The number of hydrogen-bond donors (Lipinski definition) is 0. The number of ether oxygens (including phenoxy) is 1. The van der Waals surface area contributed by atoms with Crippen LogP contribution >= 0.6 is 15.9 Å². The van der Waals surface area contributed by atoms with Crippen LogP contribution in [0, 0.1) is 0 Å². The number of rotatable bonds is 0. The molecule has 0 fully saturated rings. The van der Waals surface area contributed by atoms with E-state index in [1.165, 1.54) is 44.2 Å². The van der Waals surface area contributed by atoms with Crippen molar-refractivity contribution in [3.8, 4) is 22.6 Å². The second kappa shape index (κ2) is 6.09. The van der Waals surface area contributed by atoms with Crippen LogP contribution in [-0.4, -0.2) is 0 Å². The van der Waals surface area contributed by atoms with Gasteiger partial charge in [-0.2, -0.15) is 0 Å². The summed E-state index contributed by atoms with van der Waals surface area (Å²) in [5.74, 6) is 1.84. The smallest absolute Gasteiger partial charge is 0.132 e. The summed E-state index contributed by atoms with van der Waals surface area (Å²) in [4.78, 5) is 0. The van der Waals surface area contributed by atoms with Crippen LogP contribution in [0.25, 0.3) is 21.9 Å². The molecule has 2 aliphatic rings. The standard InChI is InChI=1S/C29H17BrO/c30-19-15-16-20-21-9-5-7-18-8-6-12-24(28(18)21)29(25(20)17-19)22-10-1-3-13-26(22)31-27-14-4-2-11-23(27)29/h1-17H. The highest BCUT2D eigenvalue weighted by atomic mass is 79.9. The fourth-order valence-corrected chi connectivity index (χ4v) is 6.02. The minimum atomic E-state index is -0.446. The minimum Gasteiger partial charge on any atom is -0.457 e. The topological polar surface area (TPSA) is 9.23 Å². The van der Waals surface area contributed by atoms with E-state index < -0.39 is 5.41 Å². The lowest BCUT2D eigenvalue weighted by Crippen LogP contribution is -2.36. The lowest BCUT2D eigenvalue weighted by Gasteiger charge is -2.45. The van der Waals surface area contributed by atoms with Gasteiger partial charge < -0.3 is 4.74 Å². The normalized spacial score (nSPS) is 14.5. The van der Waals surface area contributed by atoms with Gasteiger partial charge in [0.25, 0.3) is 0 Å². The molecule has 0 bridgehead atoms. The Bertz CT molecular complexity index is 1480. The molecule has 0 saturated carbocycles. The Morgan fingerprint density at radius 3 is 1.94 bits per heavy atom. The average molecular weight is 461 g/mol. The van der Waals surface area contributed by atoms with E-state index in [0.29, 0.717) is 0 Å². The third-order valence-corrected chi connectivity index (χ3v) is 7.28. The van der Waals surface area contributed by atoms with Gasteiger partial charge in [0, 0.05) is 15.6 Å². The largest absolute Gasteiger partial charge is 0.457 e. The van der Waals surface area contributed by atoms with Gasteiger partial charge in [0.1, 0.15) is 11.5 Å². The molecule has 1 aliphatic heterocycles. The molecule has 7 rings (SSSR count). The predicted octanol–water partition coefficient (Wildman–Crippen LogP) is 8.07. The molecule has 31 heavy (non-hydrogen) atoms. The van der Waals surface area contributed by atoms with E-state index >= 15 is 0 Å². The maximum Gasteiger partial charge on any atom is 0.132 e. The summed E-state index contributed by atoms with van der Waals surface area (Å²) in [5, 5.41) is 2.59. The highest BCUT2D eigenvalue weighted by Crippen LogP contribution is 2.61. The molecule has 2 heteroatoms. The van der Waals surface area contributed by atoms with Crippen molar-refractivity contribution < 1.29 is 4.74 Å². The van der Waals surface area contributed by atoms with Gasteiger partial charge in [0.05, 0.1) is 5.41 Å². The van der Waals surface area contributed by atoms with Crippen molar-refractivity contribution in [2.24, 2.45) is 0 Å². The van der Waals surface area contributed by atoms with E-state index in [0.717, 1.165) is 16.0 Å². The first-order valence-corrected chi connectivity index (χ1v) is 11.3. The van der Waals surface area contributed by atoms with E-state index in [1.807, 2.05) is 0 Å². The fourth-order valence-electron chi connectivity index (χ4n) is 5.66. The van der Waals surface area contributed by atoms with Gasteiger partial charge in [-0.05, 0) is 57.3 Å². The van der Waals surface area contributed by atoms with E-state index in [1.54, 1.807) is 0 Å². The molecule has 5 aromatic rings. The summed E-state index contributed by atoms with van der Waals surface area (Å²) < 4.78 is 7.50. The van der Waals surface area contributed by atoms with Crippen LogP contribution in [0.2, 0.25) is 0 Å². The van der Waals surface area contributed by atoms with Crippen LogP contribution in [0.1, 0.15) is 22.3 Å². The lowest BCUT2D eigenvalue weighted by molar-refractivity contribution is 0.435. The molecule has 1 nitrogen and oxygen atoms in total. The molecule has 5 aromatic carbocycles. The molecule has 0 amide bonds. The van der Waals surface area contributed by atoms with E-state index in [9.17, 15) is 0 Å². The molecule has 0 radical (unpaired) electrons. The molecular formula is C29H17BrO. The Morgan fingerprint density at radius 1 is 0.548 bits per heavy atom. The van der Waals surface area contributed by atoms with Gasteiger partial charge in [-0.1, -0.05) is 94.8 Å². The van der Waals surface area contributed by atoms with Crippen LogP contribution in [0.5, 0.6) is 11.5 Å². The van der Waals surface area contributed by atoms with E-state index in [2.05, 4.69) is 119 Å². The number of benzene rings is 5. The molecule has 0 N–H and O–H groups in total. The average Bonchev–Trinajstić information content (AvgIpc) is 2.81. The van der Waals surface area contributed by atoms with Gasteiger partial charge in [-0.25, -0.2) is 0 Å². The zero-order chi connectivity index (χ0) is 20.6. The third kappa shape index (κ3) is 2.11. The monoisotopic (exact) mass is 460 g/mol. The summed E-state index contributed by atoms with van der Waals surface area (Å²) in [7, 11) is 0. The molecule has 1 aliphatic carbocycles. The Balaban J connectivity index is 1.80. The first kappa shape index (κ1) is 17.3. The van der Waals surface area contributed by atoms with Gasteiger partial charge >= 0.3 is 0 Å². The first-order chi connectivity index (χ1) is 15.3. The number of para-hydroxylation sites is 2. The van der Waals surface area contributed by atoms with Crippen molar-refractivity contribution in [2.45, 2.75) is 5.41 Å². The zero-order valence-corrected chi connectivity index (χ0v) is 18.2. The Hall–Kier alpha value is -3.36. The SMILES string of the molecule is Brc1ccc2c(c1)C1(c3ccccc3Oc3ccccc31)c1cccc3cccc-2c13. The van der Waals surface area contributed by atoms with Crippen molar-refractivity contribution in [3.05, 3.63) is 130 Å². The first-order valence-electron chi connectivity index (χ1n) is 10.5. The maximum absolute atomic E-state index is 6.42. The zero-order valence-electron chi connectivity index (χ0n) is 16.6. The Kier molecular flexibility index (Phi) is 3.40. The molecule has 1 spiro atoms. The Morgan fingerprint density at radius 2 is 1.19 bits per heavy atom. The summed E-state index contributed by atoms with van der Waals surface area (Å²) >= 11 is 3.77. The third-order valence-electron chi connectivity index (χ3n) is 6.79. The van der Waals surface area contributed by atoms with Gasteiger partial charge in [0.2, 0.25) is 0 Å². The lowest BCUT2D eigenvalue weighted by atomic mass is 9.58. The second-order valence-corrected chi connectivity index (χ2v) is 9.16. The minimum absolute atomic E-state index is 0.446. The van der Waals surface area contributed by atoms with Crippen LogP contribution in [0.15, 0.2) is 108 Å². The van der Waals surface area contributed by atoms with Crippen LogP contribution in [-0.2, 0) is 5.41 Å². The molecular weight excluding hydrogens is 444 g/mol. The maximum atomic E-state index is 6.42. The van der Waals surface area contributed by atoms with Crippen molar-refractivity contribution >= 4 is 26.7 Å². The van der Waals surface area contributed by atoms with Gasteiger partial charge in [0.15, 0.2) is 0 Å². The quantitative estimate of drug-likeness (QED) is 0.222. The van der Waals surface area contributed by atoms with E-state index in [-0.39, 0.29) is 0 Å². The van der Waals surface area contributed by atoms with Crippen LogP contribution < -0.4 is 4.74 Å². The summed E-state index contributed by atoms with van der Waals surface area (Å²) in [6, 6.07) is 37.0. The highest BCUT2D eigenvalue weighted by Gasteiger charge is 2.49. The van der Waals surface area contributed by atoms with Crippen LogP contribution in [0.4, 0.5) is 0 Å². The molecule has 0 saturated heterocycles. The molecule has 0 aromatic heterocycles. The number of hydrogen-bond acceptors (Lipinski definition) is 1. The highest BCUT2D eigenvalue weighted by molar-refractivity contribution is 9.10. The van der Waals surface area contributed by atoms with E-state index in [4.69, 9.17) is 4.74 Å². The summed E-state index contributed by atoms with van der Waals surface area (Å²) in [5.41, 5.74) is 7.11. The molecule has 0 unspecified atom stereocenters. The second-order valence-electron chi connectivity index (χ2n) is 8.24. The van der Waals surface area contributed by atoms with Crippen molar-refractivity contribution in [3.63, 3.8) is 0 Å². The van der Waals surface area contributed by atoms with Gasteiger partial charge in [-0.15, -0.1) is 0 Å². The van der Waals surface area contributed by atoms with Crippen molar-refractivity contribution in [2.75, 3.05) is 0 Å². The van der Waals surface area contributed by atoms with Crippen molar-refractivity contribution in [1.82, 2.24) is 0 Å². The Labute approximate surface area is 189 Å². The molecule has 0 atom stereocenters. The number of fused-ring (bicyclic) bond motifs is 8.